The van der Waals surface area contributed by atoms with Gasteiger partial charge in [0.15, 0.2) is 0 Å². The van der Waals surface area contributed by atoms with Crippen molar-refractivity contribution in [2.24, 2.45) is 5.73 Å². The monoisotopic (exact) mass is 303 g/mol. The normalized spacial score (nSPS) is 23.9. The number of aromatic nitrogens is 2. The van der Waals surface area contributed by atoms with Gasteiger partial charge in [0.2, 0.25) is 11.8 Å². The Hall–Kier alpha value is -1.08. The average Bonchev–Trinajstić information content (AvgIpc) is 2.81. The van der Waals surface area contributed by atoms with Crippen molar-refractivity contribution < 1.29 is 17.9 Å². The van der Waals surface area contributed by atoms with Crippen molar-refractivity contribution >= 4 is 0 Å². The minimum Gasteiger partial charge on any atom is -0.425 e. The van der Waals surface area contributed by atoms with Crippen LogP contribution in [0.15, 0.2) is 4.42 Å². The Balaban J connectivity index is 1.89. The molecule has 1 aliphatic carbocycles. The molecule has 7 heteroatoms. The molecule has 5 nitrogen and oxygen atoms in total. The molecule has 0 aromatic carbocycles. The van der Waals surface area contributed by atoms with Crippen LogP contribution < -0.4 is 5.73 Å². The van der Waals surface area contributed by atoms with Crippen molar-refractivity contribution in [3.63, 3.8) is 0 Å². The van der Waals surface area contributed by atoms with Crippen molar-refractivity contribution in [3.8, 4) is 0 Å². The maximum Gasteiger partial charge on any atom is 0.353 e. The first kappa shape index (κ1) is 16.3. The number of hydrogen-bond acceptors (Lipinski definition) is 5. The second-order valence-corrected chi connectivity index (χ2v) is 5.76. The van der Waals surface area contributed by atoms with Gasteiger partial charge in [-0.3, -0.25) is 0 Å². The first-order valence-electron chi connectivity index (χ1n) is 7.52. The Kier molecular flexibility index (Phi) is 5.27. The van der Waals surface area contributed by atoms with Crippen LogP contribution in [0.2, 0.25) is 0 Å². The molecule has 1 saturated carbocycles. The number of hydrogen-bond donors (Lipinski definition) is 1. The molecule has 120 valence electrons. The number of alkyl halides is 2. The summed E-state index contributed by atoms with van der Waals surface area (Å²) in [5, 5.41) is 8.15. The molecular weight excluding hydrogens is 280 g/mol. The first-order valence-corrected chi connectivity index (χ1v) is 7.52. The second kappa shape index (κ2) is 6.79. The van der Waals surface area contributed by atoms with E-state index >= 15 is 0 Å². The summed E-state index contributed by atoms with van der Waals surface area (Å²) in [5.74, 6) is 1.36. The predicted octanol–water partition coefficient (Wildman–Crippen LogP) is 3.18. The molecule has 0 saturated heterocycles. The number of ether oxygens (including phenoxy) is 1. The molecule has 0 aliphatic heterocycles. The van der Waals surface area contributed by atoms with Gasteiger partial charge in [-0.15, -0.1) is 10.2 Å². The van der Waals surface area contributed by atoms with E-state index in [-0.39, 0.29) is 11.8 Å². The third-order valence-corrected chi connectivity index (χ3v) is 3.78. The van der Waals surface area contributed by atoms with E-state index in [1.54, 1.807) is 0 Å². The minimum absolute atomic E-state index is 0.0266. The molecule has 0 spiro atoms. The largest absolute Gasteiger partial charge is 0.425 e. The highest BCUT2D eigenvalue weighted by Gasteiger charge is 2.40. The van der Waals surface area contributed by atoms with Crippen LogP contribution in [0.5, 0.6) is 0 Å². The van der Waals surface area contributed by atoms with E-state index in [1.165, 1.54) is 0 Å². The lowest BCUT2D eigenvalue weighted by molar-refractivity contribution is -0.264. The van der Waals surface area contributed by atoms with Crippen LogP contribution in [-0.2, 0) is 4.74 Å². The summed E-state index contributed by atoms with van der Waals surface area (Å²) in [6, 6.07) is 0. The Morgan fingerprint density at radius 3 is 2.67 bits per heavy atom. The fourth-order valence-electron chi connectivity index (χ4n) is 2.67. The van der Waals surface area contributed by atoms with Crippen LogP contribution >= 0.6 is 0 Å². The standard InChI is InChI=1S/C14H23F2N3O2/c1-3-4-9(5-6-17)12-18-19-13(20-12)10-7-11(8-10)21-14(2,15)16/h9-11H,3-8,17H2,1-2H3. The summed E-state index contributed by atoms with van der Waals surface area (Å²) in [6.07, 6.45) is 0.281. The fraction of sp³-hybridized carbons (Fsp3) is 0.857. The lowest BCUT2D eigenvalue weighted by Crippen LogP contribution is -2.35. The van der Waals surface area contributed by atoms with Gasteiger partial charge in [-0.2, -0.15) is 8.78 Å². The highest BCUT2D eigenvalue weighted by atomic mass is 19.3. The smallest absolute Gasteiger partial charge is 0.353 e. The number of halogens is 2. The third-order valence-electron chi connectivity index (χ3n) is 3.78. The molecule has 1 heterocycles. The zero-order valence-electron chi connectivity index (χ0n) is 12.5. The summed E-state index contributed by atoms with van der Waals surface area (Å²) < 4.78 is 35.8. The number of nitrogens with zero attached hydrogens (tertiary/aromatic N) is 2. The molecule has 1 atom stereocenters. The van der Waals surface area contributed by atoms with Crippen LogP contribution in [0.25, 0.3) is 0 Å². The molecule has 1 aliphatic rings. The molecule has 1 fully saturated rings. The third kappa shape index (κ3) is 4.44. The molecule has 0 radical (unpaired) electrons. The maximum absolute atomic E-state index is 12.7. The Morgan fingerprint density at radius 1 is 1.38 bits per heavy atom. The molecule has 1 aromatic rings. The van der Waals surface area contributed by atoms with Crippen LogP contribution in [0.4, 0.5) is 8.78 Å². The van der Waals surface area contributed by atoms with Crippen LogP contribution in [0, 0.1) is 0 Å². The van der Waals surface area contributed by atoms with Crippen LogP contribution in [0.1, 0.15) is 69.6 Å². The van der Waals surface area contributed by atoms with Gasteiger partial charge in [0.05, 0.1) is 6.10 Å². The molecule has 0 amide bonds. The quantitative estimate of drug-likeness (QED) is 0.798. The van der Waals surface area contributed by atoms with Crippen molar-refractivity contribution in [1.29, 1.82) is 0 Å². The van der Waals surface area contributed by atoms with E-state index < -0.39 is 12.2 Å². The Labute approximate surface area is 123 Å². The number of nitrogens with two attached hydrogens (primary N) is 1. The number of rotatable bonds is 8. The zero-order chi connectivity index (χ0) is 15.5. The van der Waals surface area contributed by atoms with E-state index in [9.17, 15) is 8.78 Å². The summed E-state index contributed by atoms with van der Waals surface area (Å²) >= 11 is 0. The van der Waals surface area contributed by atoms with E-state index in [1.807, 2.05) is 0 Å². The topological polar surface area (TPSA) is 74.2 Å². The van der Waals surface area contributed by atoms with Gasteiger partial charge in [-0.1, -0.05) is 13.3 Å². The van der Waals surface area contributed by atoms with E-state index in [0.717, 1.165) is 26.2 Å². The summed E-state index contributed by atoms with van der Waals surface area (Å²) in [6.45, 7) is 3.43. The SMILES string of the molecule is CCCC(CCN)c1nnc(C2CC(OC(C)(F)F)C2)o1. The highest BCUT2D eigenvalue weighted by Crippen LogP contribution is 2.41. The van der Waals surface area contributed by atoms with Crippen LogP contribution in [-0.4, -0.2) is 29.0 Å². The molecule has 1 aromatic heterocycles. The van der Waals surface area contributed by atoms with Gasteiger partial charge in [-0.25, -0.2) is 0 Å². The van der Waals surface area contributed by atoms with Crippen molar-refractivity contribution in [1.82, 2.24) is 10.2 Å². The Morgan fingerprint density at radius 2 is 2.10 bits per heavy atom. The summed E-state index contributed by atoms with van der Waals surface area (Å²) in [7, 11) is 0. The predicted molar refractivity (Wildman–Crippen MR) is 73.1 cm³/mol. The molecule has 21 heavy (non-hydrogen) atoms. The molecule has 2 N–H and O–H groups in total. The summed E-state index contributed by atoms with van der Waals surface area (Å²) in [5.41, 5.74) is 5.60. The molecule has 2 rings (SSSR count). The van der Waals surface area contributed by atoms with Crippen molar-refractivity contribution in [3.05, 3.63) is 11.8 Å². The summed E-state index contributed by atoms with van der Waals surface area (Å²) in [4.78, 5) is 0. The van der Waals surface area contributed by atoms with Gasteiger partial charge >= 0.3 is 6.11 Å². The zero-order valence-corrected chi connectivity index (χ0v) is 12.5. The van der Waals surface area contributed by atoms with Gasteiger partial charge in [0.25, 0.3) is 0 Å². The van der Waals surface area contributed by atoms with Crippen LogP contribution in [0.3, 0.4) is 0 Å². The van der Waals surface area contributed by atoms with Gasteiger partial charge < -0.3 is 14.9 Å². The van der Waals surface area contributed by atoms with E-state index in [4.69, 9.17) is 10.2 Å². The minimum atomic E-state index is -3.08. The molecular formula is C14H23F2N3O2. The van der Waals surface area contributed by atoms with Crippen molar-refractivity contribution in [2.45, 2.75) is 70.0 Å². The highest BCUT2D eigenvalue weighted by molar-refractivity contribution is 5.02. The lowest BCUT2D eigenvalue weighted by atomic mass is 9.82. The average molecular weight is 303 g/mol. The molecule has 0 bridgehead atoms. The van der Waals surface area contributed by atoms with Gasteiger partial charge in [0, 0.05) is 18.8 Å². The Bertz CT molecular complexity index is 436. The van der Waals surface area contributed by atoms with E-state index in [2.05, 4.69) is 21.9 Å². The second-order valence-electron chi connectivity index (χ2n) is 5.76. The van der Waals surface area contributed by atoms with Gasteiger partial charge in [-0.05, 0) is 32.2 Å². The fourth-order valence-corrected chi connectivity index (χ4v) is 2.67. The molecule has 1 unspecified atom stereocenters. The van der Waals surface area contributed by atoms with Gasteiger partial charge in [0.1, 0.15) is 0 Å². The maximum atomic E-state index is 12.7. The lowest BCUT2D eigenvalue weighted by Gasteiger charge is -2.34. The van der Waals surface area contributed by atoms with Crippen molar-refractivity contribution in [2.75, 3.05) is 6.54 Å². The first-order chi connectivity index (χ1) is 9.93. The van der Waals surface area contributed by atoms with E-state index in [0.29, 0.717) is 31.2 Å².